The van der Waals surface area contributed by atoms with Crippen molar-refractivity contribution in [2.45, 2.75) is 31.7 Å². The molecule has 1 aromatic carbocycles. The molecule has 2 heterocycles. The number of aliphatic hydroxyl groups is 1. The number of benzene rings is 1. The summed E-state index contributed by atoms with van der Waals surface area (Å²) in [4.78, 5) is 11.6. The molecule has 2 N–H and O–H groups in total. The van der Waals surface area contributed by atoms with E-state index in [0.717, 1.165) is 24.5 Å². The number of anilines is 2. The molecule has 1 aromatic heterocycles. The number of hydrogen-bond donors (Lipinski definition) is 2. The maximum absolute atomic E-state index is 9.00. The van der Waals surface area contributed by atoms with E-state index in [9.17, 15) is 0 Å². The second-order valence-electron chi connectivity index (χ2n) is 6.27. The van der Waals surface area contributed by atoms with Gasteiger partial charge in [-0.2, -0.15) is 4.98 Å². The molecule has 0 amide bonds. The molecule has 1 aliphatic heterocycles. The number of hydrogen-bond acceptors (Lipinski definition) is 5. The predicted octanol–water partition coefficient (Wildman–Crippen LogP) is 2.49. The third-order valence-corrected chi connectivity index (χ3v) is 4.91. The van der Waals surface area contributed by atoms with Crippen molar-refractivity contribution >= 4 is 11.8 Å². The van der Waals surface area contributed by atoms with Gasteiger partial charge < -0.3 is 15.3 Å². The van der Waals surface area contributed by atoms with Crippen molar-refractivity contribution in [3.8, 4) is 0 Å². The summed E-state index contributed by atoms with van der Waals surface area (Å²) in [5.41, 5.74) is 3.99. The van der Waals surface area contributed by atoms with Crippen LogP contribution in [0.5, 0.6) is 0 Å². The molecule has 1 saturated heterocycles. The van der Waals surface area contributed by atoms with Crippen molar-refractivity contribution in [3.63, 3.8) is 0 Å². The van der Waals surface area contributed by atoms with Crippen LogP contribution in [0.15, 0.2) is 30.3 Å². The van der Waals surface area contributed by atoms with Crippen molar-refractivity contribution in [3.05, 3.63) is 47.2 Å². The Labute approximate surface area is 136 Å². The minimum Gasteiger partial charge on any atom is -0.395 e. The molecule has 0 spiro atoms. The lowest BCUT2D eigenvalue weighted by atomic mass is 9.99. The molecule has 1 fully saturated rings. The molecule has 0 saturated carbocycles. The molecule has 2 bridgehead atoms. The first-order chi connectivity index (χ1) is 11.3. The number of aryl methyl sites for hydroxylation is 1. The number of nitrogens with zero attached hydrogens (tertiary/aromatic N) is 3. The summed E-state index contributed by atoms with van der Waals surface area (Å²) in [7, 11) is 0. The summed E-state index contributed by atoms with van der Waals surface area (Å²) < 4.78 is 0. The highest BCUT2D eigenvalue weighted by Gasteiger charge is 2.42. The van der Waals surface area contributed by atoms with Crippen LogP contribution in [0.1, 0.15) is 42.1 Å². The van der Waals surface area contributed by atoms with Crippen LogP contribution in [0.25, 0.3) is 0 Å². The predicted molar refractivity (Wildman–Crippen MR) is 90.9 cm³/mol. The lowest BCUT2D eigenvalue weighted by Gasteiger charge is -2.30. The number of aliphatic hydroxyl groups excluding tert-OH is 1. The quantitative estimate of drug-likeness (QED) is 0.888. The average molecular weight is 310 g/mol. The van der Waals surface area contributed by atoms with Gasteiger partial charge in [-0.1, -0.05) is 31.2 Å². The van der Waals surface area contributed by atoms with Crippen molar-refractivity contribution in [2.75, 3.05) is 29.9 Å². The first kappa shape index (κ1) is 14.5. The largest absolute Gasteiger partial charge is 0.395 e. The Kier molecular flexibility index (Phi) is 3.65. The fraction of sp³-hybridized carbons (Fsp3) is 0.444. The molecule has 23 heavy (non-hydrogen) atoms. The van der Waals surface area contributed by atoms with Gasteiger partial charge in [-0.25, -0.2) is 4.98 Å². The van der Waals surface area contributed by atoms with E-state index >= 15 is 0 Å². The summed E-state index contributed by atoms with van der Waals surface area (Å²) in [6.07, 6.45) is 2.06. The minimum absolute atomic E-state index is 0.0802. The fourth-order valence-corrected chi connectivity index (χ4v) is 3.85. The SMILES string of the molecule is CCc1cc(N2C[C@H]3C[C@H]2c2ccccc23)nc(NCCO)n1. The second kappa shape index (κ2) is 5.81. The van der Waals surface area contributed by atoms with Crippen LogP contribution in [-0.2, 0) is 6.42 Å². The summed E-state index contributed by atoms with van der Waals surface area (Å²) in [6, 6.07) is 11.3. The van der Waals surface area contributed by atoms with Crippen molar-refractivity contribution in [1.82, 2.24) is 9.97 Å². The Bertz CT molecular complexity index is 718. The van der Waals surface area contributed by atoms with Crippen molar-refractivity contribution in [1.29, 1.82) is 0 Å². The summed E-state index contributed by atoms with van der Waals surface area (Å²) in [5.74, 6) is 2.23. The van der Waals surface area contributed by atoms with Gasteiger partial charge in [0.2, 0.25) is 5.95 Å². The zero-order chi connectivity index (χ0) is 15.8. The van der Waals surface area contributed by atoms with E-state index in [1.807, 2.05) is 0 Å². The van der Waals surface area contributed by atoms with Gasteiger partial charge in [0.15, 0.2) is 0 Å². The van der Waals surface area contributed by atoms with Crippen LogP contribution in [0.2, 0.25) is 0 Å². The van der Waals surface area contributed by atoms with Gasteiger partial charge in [-0.15, -0.1) is 0 Å². The van der Waals surface area contributed by atoms with Crippen LogP contribution < -0.4 is 10.2 Å². The lowest BCUT2D eigenvalue weighted by molar-refractivity contribution is 0.311. The van der Waals surface area contributed by atoms with Gasteiger partial charge in [0.05, 0.1) is 12.6 Å². The molecule has 2 aliphatic rings. The van der Waals surface area contributed by atoms with Crippen LogP contribution in [0.3, 0.4) is 0 Å². The molecule has 4 rings (SSSR count). The van der Waals surface area contributed by atoms with Crippen LogP contribution in [0.4, 0.5) is 11.8 Å². The highest BCUT2D eigenvalue weighted by atomic mass is 16.3. The van der Waals surface area contributed by atoms with Gasteiger partial charge in [-0.3, -0.25) is 0 Å². The minimum atomic E-state index is 0.0802. The van der Waals surface area contributed by atoms with E-state index in [1.54, 1.807) is 0 Å². The molecule has 5 nitrogen and oxygen atoms in total. The Hall–Kier alpha value is -2.14. The van der Waals surface area contributed by atoms with Gasteiger partial charge in [0.25, 0.3) is 0 Å². The molecular formula is C18H22N4O. The Morgan fingerprint density at radius 2 is 2.09 bits per heavy atom. The zero-order valence-corrected chi connectivity index (χ0v) is 13.4. The molecule has 120 valence electrons. The summed E-state index contributed by atoms with van der Waals surface area (Å²) >= 11 is 0. The molecule has 2 atom stereocenters. The number of nitrogens with one attached hydrogen (secondary N) is 1. The summed E-state index contributed by atoms with van der Waals surface area (Å²) in [5, 5.41) is 12.1. The molecule has 0 radical (unpaired) electrons. The van der Waals surface area contributed by atoms with Crippen LogP contribution >= 0.6 is 0 Å². The van der Waals surface area contributed by atoms with Crippen LogP contribution in [0, 0.1) is 0 Å². The van der Waals surface area contributed by atoms with Gasteiger partial charge in [-0.05, 0) is 24.0 Å². The average Bonchev–Trinajstić information content (AvgIpc) is 3.19. The normalized spacial score (nSPS) is 21.6. The van der Waals surface area contributed by atoms with Crippen LogP contribution in [-0.4, -0.2) is 34.8 Å². The molecular weight excluding hydrogens is 288 g/mol. The first-order valence-electron chi connectivity index (χ1n) is 8.38. The summed E-state index contributed by atoms with van der Waals surface area (Å²) in [6.45, 7) is 3.69. The monoisotopic (exact) mass is 310 g/mol. The molecule has 1 aliphatic carbocycles. The highest BCUT2D eigenvalue weighted by Crippen LogP contribution is 2.51. The third-order valence-electron chi connectivity index (χ3n) is 4.91. The molecule has 2 aromatic rings. The van der Waals surface area contributed by atoms with Gasteiger partial charge in [0, 0.05) is 30.8 Å². The second-order valence-corrected chi connectivity index (χ2v) is 6.27. The topological polar surface area (TPSA) is 61.3 Å². The van der Waals surface area contributed by atoms with Crippen molar-refractivity contribution < 1.29 is 5.11 Å². The van der Waals surface area contributed by atoms with E-state index in [2.05, 4.69) is 57.4 Å². The number of fused-ring (bicyclic) bond motifs is 5. The Balaban J connectivity index is 1.67. The van der Waals surface area contributed by atoms with E-state index in [0.29, 0.717) is 24.5 Å². The number of aromatic nitrogens is 2. The third kappa shape index (κ3) is 2.45. The Morgan fingerprint density at radius 1 is 1.26 bits per heavy atom. The van der Waals surface area contributed by atoms with E-state index in [1.165, 1.54) is 17.5 Å². The smallest absolute Gasteiger partial charge is 0.224 e. The van der Waals surface area contributed by atoms with Crippen molar-refractivity contribution in [2.24, 2.45) is 0 Å². The standard InChI is InChI=1S/C18H22N4O/c1-2-13-10-17(21-18(20-13)19-7-8-23)22-11-12-9-16(22)15-6-4-3-5-14(12)15/h3-6,10,12,16,23H,2,7-9,11H2,1H3,(H,19,20,21)/t12-,16+/m1/s1. The van der Waals surface area contributed by atoms with Gasteiger partial charge in [0.1, 0.15) is 5.82 Å². The molecule has 5 heteroatoms. The maximum atomic E-state index is 9.00. The lowest BCUT2D eigenvalue weighted by Crippen LogP contribution is -2.28. The van der Waals surface area contributed by atoms with Gasteiger partial charge >= 0.3 is 0 Å². The first-order valence-corrected chi connectivity index (χ1v) is 8.38. The maximum Gasteiger partial charge on any atom is 0.224 e. The highest BCUT2D eigenvalue weighted by molar-refractivity contribution is 5.55. The number of rotatable bonds is 5. The Morgan fingerprint density at radius 3 is 2.87 bits per heavy atom. The zero-order valence-electron chi connectivity index (χ0n) is 13.4. The fourth-order valence-electron chi connectivity index (χ4n) is 3.85. The van der Waals surface area contributed by atoms with E-state index < -0.39 is 0 Å². The molecule has 0 unspecified atom stereocenters. The van der Waals surface area contributed by atoms with E-state index in [-0.39, 0.29) is 6.61 Å². The van der Waals surface area contributed by atoms with E-state index in [4.69, 9.17) is 5.11 Å².